The monoisotopic (exact) mass is 498 g/mol. The van der Waals surface area contributed by atoms with E-state index in [1.54, 1.807) is 18.9 Å². The van der Waals surface area contributed by atoms with E-state index < -0.39 is 18.4 Å². The third-order valence-corrected chi connectivity index (χ3v) is 24.4. The summed E-state index contributed by atoms with van der Waals surface area (Å²) in [5.74, 6) is 1.11. The van der Waals surface area contributed by atoms with Crippen molar-refractivity contribution in [1.82, 2.24) is 0 Å². The number of ether oxygens (including phenoxy) is 3. The van der Waals surface area contributed by atoms with Crippen LogP contribution < -0.4 is 0 Å². The number of hydrogen-bond donors (Lipinski definition) is 0. The maximum atomic E-state index is 6.50. The van der Waals surface area contributed by atoms with Crippen LogP contribution in [0.2, 0.25) is 17.7 Å². The summed E-state index contributed by atoms with van der Waals surface area (Å²) in [7, 11) is 0. The topological polar surface area (TPSA) is 27.7 Å². The Morgan fingerprint density at radius 2 is 1.64 bits per heavy atom. The average Bonchev–Trinajstić information content (AvgIpc) is 3.33. The van der Waals surface area contributed by atoms with E-state index in [4.69, 9.17) is 14.2 Å². The first-order valence-electron chi connectivity index (χ1n) is 12.2. The van der Waals surface area contributed by atoms with Crippen LogP contribution in [0.25, 0.3) is 0 Å². The van der Waals surface area contributed by atoms with Gasteiger partial charge in [-0.15, -0.1) is 0 Å². The molecule has 3 heterocycles. The van der Waals surface area contributed by atoms with Gasteiger partial charge in [0.05, 0.1) is 0 Å². The van der Waals surface area contributed by atoms with Crippen LogP contribution in [-0.4, -0.2) is 50.1 Å². The maximum absolute atomic E-state index is 6.50. The molecule has 3 nitrogen and oxygen atoms in total. The SMILES string of the molecule is CCC[CH2][Sn]([CH2]CCC)([CH2]CCC)[CH2][C@]12C=C3CO[C@@H]4O[C@@H](C)[C@H](OC1)[C@H]2[C@H]34. The molecule has 160 valence electrons. The second-order valence-electron chi connectivity index (χ2n) is 10.3. The van der Waals surface area contributed by atoms with E-state index in [2.05, 4.69) is 33.8 Å². The number of rotatable bonds is 11. The predicted molar refractivity (Wildman–Crippen MR) is 117 cm³/mol. The summed E-state index contributed by atoms with van der Waals surface area (Å²) in [6, 6.07) is 0. The Labute approximate surface area is 176 Å². The van der Waals surface area contributed by atoms with Crippen molar-refractivity contribution >= 4 is 18.4 Å². The molecule has 0 radical (unpaired) electrons. The second kappa shape index (κ2) is 8.88. The van der Waals surface area contributed by atoms with Gasteiger partial charge in [-0.2, -0.15) is 0 Å². The minimum atomic E-state index is -2.24. The molecule has 4 aliphatic rings. The van der Waals surface area contributed by atoms with E-state index >= 15 is 0 Å². The zero-order chi connectivity index (χ0) is 19.8. The van der Waals surface area contributed by atoms with Gasteiger partial charge in [-0.1, -0.05) is 0 Å². The Morgan fingerprint density at radius 1 is 1.00 bits per heavy atom. The Bertz CT molecular complexity index is 554. The molecule has 0 N–H and O–H groups in total. The fourth-order valence-electron chi connectivity index (χ4n) is 6.99. The van der Waals surface area contributed by atoms with Gasteiger partial charge in [-0.25, -0.2) is 0 Å². The van der Waals surface area contributed by atoms with Gasteiger partial charge >= 0.3 is 177 Å². The van der Waals surface area contributed by atoms with Crippen molar-refractivity contribution in [2.75, 3.05) is 13.2 Å². The van der Waals surface area contributed by atoms with Crippen LogP contribution in [0.5, 0.6) is 0 Å². The van der Waals surface area contributed by atoms with Crippen LogP contribution in [0, 0.1) is 17.3 Å². The van der Waals surface area contributed by atoms with Crippen LogP contribution in [0.1, 0.15) is 66.2 Å². The molecule has 28 heavy (non-hydrogen) atoms. The van der Waals surface area contributed by atoms with Crippen molar-refractivity contribution < 1.29 is 14.2 Å². The average molecular weight is 497 g/mol. The van der Waals surface area contributed by atoms with Gasteiger partial charge in [0.2, 0.25) is 0 Å². The Balaban J connectivity index is 1.64. The Hall–Kier alpha value is 0.419. The first-order chi connectivity index (χ1) is 13.6. The van der Waals surface area contributed by atoms with Gasteiger partial charge in [0.15, 0.2) is 0 Å². The molecule has 0 aromatic heterocycles. The third kappa shape index (κ3) is 3.76. The summed E-state index contributed by atoms with van der Waals surface area (Å²) in [4.78, 5) is 0. The molecule has 1 aliphatic carbocycles. The van der Waals surface area contributed by atoms with Crippen molar-refractivity contribution in [1.29, 1.82) is 0 Å². The van der Waals surface area contributed by atoms with E-state index in [0.29, 0.717) is 17.3 Å². The predicted octanol–water partition coefficient (Wildman–Crippen LogP) is 6.17. The molecule has 0 saturated carbocycles. The molecule has 3 aliphatic heterocycles. The van der Waals surface area contributed by atoms with Crippen molar-refractivity contribution in [3.05, 3.63) is 11.6 Å². The van der Waals surface area contributed by atoms with Crippen LogP contribution in [0.4, 0.5) is 0 Å². The van der Waals surface area contributed by atoms with Crippen LogP contribution in [0.15, 0.2) is 11.6 Å². The molecule has 6 atom stereocenters. The Morgan fingerprint density at radius 3 is 2.25 bits per heavy atom. The van der Waals surface area contributed by atoms with Gasteiger partial charge in [0, 0.05) is 0 Å². The third-order valence-electron chi connectivity index (χ3n) is 8.26. The van der Waals surface area contributed by atoms with Crippen molar-refractivity contribution in [2.45, 2.75) is 102 Å². The summed E-state index contributed by atoms with van der Waals surface area (Å²) in [6.45, 7) is 11.1. The normalized spacial score (nSPS) is 38.7. The van der Waals surface area contributed by atoms with Crippen LogP contribution >= 0.6 is 0 Å². The van der Waals surface area contributed by atoms with Crippen LogP contribution in [0.3, 0.4) is 0 Å². The number of hydrogen-bond acceptors (Lipinski definition) is 3. The number of unbranched alkanes of at least 4 members (excludes halogenated alkanes) is 3. The molecular weight excluding hydrogens is 455 g/mol. The first kappa shape index (κ1) is 21.6. The van der Waals surface area contributed by atoms with Crippen molar-refractivity contribution in [3.8, 4) is 0 Å². The molecular formula is C24H42O3Sn. The van der Waals surface area contributed by atoms with E-state index in [0.717, 1.165) is 13.2 Å². The summed E-state index contributed by atoms with van der Waals surface area (Å²) >= 11 is -2.24. The fourth-order valence-corrected chi connectivity index (χ4v) is 25.3. The Kier molecular flexibility index (Phi) is 6.87. The van der Waals surface area contributed by atoms with Gasteiger partial charge < -0.3 is 0 Å². The van der Waals surface area contributed by atoms with E-state index in [-0.39, 0.29) is 18.5 Å². The zero-order valence-electron chi connectivity index (χ0n) is 18.7. The zero-order valence-corrected chi connectivity index (χ0v) is 21.5. The minimum absolute atomic E-state index is 0.00222. The fraction of sp³-hybridized carbons (Fsp3) is 0.917. The molecule has 0 spiro atoms. The molecule has 4 rings (SSSR count). The molecule has 0 aromatic rings. The summed E-state index contributed by atoms with van der Waals surface area (Å²) in [5, 5.41) is 0. The summed E-state index contributed by atoms with van der Waals surface area (Å²) < 4.78 is 25.1. The molecule has 0 unspecified atom stereocenters. The molecule has 3 saturated heterocycles. The molecule has 0 aromatic carbocycles. The van der Waals surface area contributed by atoms with E-state index in [9.17, 15) is 0 Å². The molecule has 0 bridgehead atoms. The molecule has 3 fully saturated rings. The van der Waals surface area contributed by atoms with Gasteiger partial charge in [-0.3, -0.25) is 0 Å². The van der Waals surface area contributed by atoms with Crippen LogP contribution in [-0.2, 0) is 14.2 Å². The van der Waals surface area contributed by atoms with Gasteiger partial charge in [-0.05, 0) is 0 Å². The standard InChI is InChI=1S/C12H15O3.3C4H9.Sn/c1-6-10-9-8-7(4-13-11(8)15-6)3-12(9,2)5-14-10;3*1-3-4-2;/h3,6,8-11H,2,4-5H2,1H3;3*1,3-4H2,2H3;/t6-,8-,9+,10-,11+,12-;;;;/m0..../s1. The molecule has 4 heteroatoms. The van der Waals surface area contributed by atoms with E-state index in [1.165, 1.54) is 43.0 Å². The van der Waals surface area contributed by atoms with E-state index in [1.807, 2.05) is 0 Å². The molecule has 0 amide bonds. The van der Waals surface area contributed by atoms with Gasteiger partial charge in [0.1, 0.15) is 0 Å². The van der Waals surface area contributed by atoms with Gasteiger partial charge in [0.25, 0.3) is 0 Å². The summed E-state index contributed by atoms with van der Waals surface area (Å²) in [6.07, 6.45) is 11.6. The van der Waals surface area contributed by atoms with Crippen molar-refractivity contribution in [2.24, 2.45) is 17.3 Å². The quantitative estimate of drug-likeness (QED) is 0.253. The second-order valence-corrected chi connectivity index (χ2v) is 24.1. The summed E-state index contributed by atoms with van der Waals surface area (Å²) in [5.41, 5.74) is 1.87. The first-order valence-corrected chi connectivity index (χ1v) is 20.3. The van der Waals surface area contributed by atoms with Crippen molar-refractivity contribution in [3.63, 3.8) is 0 Å².